The summed E-state index contributed by atoms with van der Waals surface area (Å²) in [6, 6.07) is 10.4. The Morgan fingerprint density at radius 1 is 1.19 bits per heavy atom. The van der Waals surface area contributed by atoms with Crippen molar-refractivity contribution >= 4 is 29.3 Å². The fourth-order valence-electron chi connectivity index (χ4n) is 2.59. The van der Waals surface area contributed by atoms with Crippen LogP contribution in [0, 0.1) is 0 Å². The highest BCUT2D eigenvalue weighted by atomic mass is 16.5. The molecule has 0 aromatic heterocycles. The smallest absolute Gasteiger partial charge is 0.265 e. The summed E-state index contributed by atoms with van der Waals surface area (Å²) in [4.78, 5) is 23.9. The number of ether oxygens (including phenoxy) is 3. The molecular weight excluding hydrogens is 348 g/mol. The average Bonchev–Trinajstić information content (AvgIpc) is 2.67. The van der Waals surface area contributed by atoms with E-state index in [4.69, 9.17) is 14.2 Å². The molecule has 1 aliphatic heterocycles. The highest BCUT2D eigenvalue weighted by Crippen LogP contribution is 2.32. The summed E-state index contributed by atoms with van der Waals surface area (Å²) in [5.41, 5.74) is 1.81. The van der Waals surface area contributed by atoms with Gasteiger partial charge in [0.15, 0.2) is 6.10 Å². The van der Waals surface area contributed by atoms with Gasteiger partial charge in [-0.1, -0.05) is 0 Å². The number of amides is 2. The van der Waals surface area contributed by atoms with Gasteiger partial charge in [0.1, 0.15) is 17.2 Å². The predicted octanol–water partition coefficient (Wildman–Crippen LogP) is 3.08. The van der Waals surface area contributed by atoms with Crippen molar-refractivity contribution in [3.8, 4) is 17.2 Å². The molecule has 0 saturated heterocycles. The number of hydrogen-bond acceptors (Lipinski definition) is 5. The summed E-state index contributed by atoms with van der Waals surface area (Å²) < 4.78 is 15.9. The number of rotatable bonds is 5. The van der Waals surface area contributed by atoms with Gasteiger partial charge in [-0.05, 0) is 43.3 Å². The second-order valence-corrected chi connectivity index (χ2v) is 5.89. The maximum Gasteiger partial charge on any atom is 0.265 e. The third kappa shape index (κ3) is 4.20. The standard InChI is InChI=1S/C20H20N2O5/c1-12-20(24)22-16-10-14(6-8-17(16)27-12)21-19(23)9-5-13-4-7-15(25-2)11-18(13)26-3/h4-12H,1-3H3,(H,21,23)(H,22,24)/b9-5+/t12-/m1/s1. The second-order valence-electron chi connectivity index (χ2n) is 5.89. The Morgan fingerprint density at radius 3 is 2.74 bits per heavy atom. The van der Waals surface area contributed by atoms with E-state index in [1.54, 1.807) is 63.6 Å². The van der Waals surface area contributed by atoms with E-state index in [1.165, 1.54) is 6.08 Å². The minimum Gasteiger partial charge on any atom is -0.497 e. The number of carbonyl (C=O) groups excluding carboxylic acids is 2. The van der Waals surface area contributed by atoms with Gasteiger partial charge in [0.25, 0.3) is 5.91 Å². The van der Waals surface area contributed by atoms with Crippen LogP contribution in [0.25, 0.3) is 6.08 Å². The van der Waals surface area contributed by atoms with Crippen LogP contribution in [0.1, 0.15) is 12.5 Å². The monoisotopic (exact) mass is 368 g/mol. The van der Waals surface area contributed by atoms with Crippen LogP contribution in [0.5, 0.6) is 17.2 Å². The van der Waals surface area contributed by atoms with Gasteiger partial charge >= 0.3 is 0 Å². The zero-order chi connectivity index (χ0) is 19.4. The van der Waals surface area contributed by atoms with Crippen LogP contribution in [0.2, 0.25) is 0 Å². The molecule has 0 spiro atoms. The molecule has 0 saturated carbocycles. The first-order chi connectivity index (χ1) is 13.0. The number of methoxy groups -OCH3 is 2. The molecule has 0 radical (unpaired) electrons. The number of hydrogen-bond donors (Lipinski definition) is 2. The largest absolute Gasteiger partial charge is 0.497 e. The quantitative estimate of drug-likeness (QED) is 0.792. The highest BCUT2D eigenvalue weighted by molar-refractivity contribution is 6.03. The summed E-state index contributed by atoms with van der Waals surface area (Å²) in [6.45, 7) is 1.67. The lowest BCUT2D eigenvalue weighted by Gasteiger charge is -2.23. The van der Waals surface area contributed by atoms with Crippen molar-refractivity contribution < 1.29 is 23.8 Å². The van der Waals surface area contributed by atoms with Gasteiger partial charge < -0.3 is 24.8 Å². The lowest BCUT2D eigenvalue weighted by molar-refractivity contribution is -0.122. The lowest BCUT2D eigenvalue weighted by Crippen LogP contribution is -2.34. The van der Waals surface area contributed by atoms with Gasteiger partial charge in [0.2, 0.25) is 5.91 Å². The maximum atomic E-state index is 12.2. The van der Waals surface area contributed by atoms with E-state index < -0.39 is 6.10 Å². The van der Waals surface area contributed by atoms with Gasteiger partial charge in [-0.15, -0.1) is 0 Å². The molecule has 27 heavy (non-hydrogen) atoms. The molecule has 7 heteroatoms. The average molecular weight is 368 g/mol. The molecule has 2 N–H and O–H groups in total. The van der Waals surface area contributed by atoms with Gasteiger partial charge in [0.05, 0.1) is 19.9 Å². The molecule has 3 rings (SSSR count). The summed E-state index contributed by atoms with van der Waals surface area (Å²) >= 11 is 0. The van der Waals surface area contributed by atoms with Gasteiger partial charge in [-0.2, -0.15) is 0 Å². The first-order valence-corrected chi connectivity index (χ1v) is 8.33. The fourth-order valence-corrected chi connectivity index (χ4v) is 2.59. The van der Waals surface area contributed by atoms with E-state index in [-0.39, 0.29) is 11.8 Å². The maximum absolute atomic E-state index is 12.2. The molecule has 2 amide bonds. The van der Waals surface area contributed by atoms with Gasteiger partial charge in [-0.3, -0.25) is 9.59 Å². The molecule has 1 aliphatic rings. The third-order valence-electron chi connectivity index (χ3n) is 4.03. The Morgan fingerprint density at radius 2 is 2.00 bits per heavy atom. The number of fused-ring (bicyclic) bond motifs is 1. The van der Waals surface area contributed by atoms with Crippen molar-refractivity contribution in [1.82, 2.24) is 0 Å². The second kappa shape index (κ2) is 7.82. The molecule has 140 valence electrons. The summed E-state index contributed by atoms with van der Waals surface area (Å²) in [6.07, 6.45) is 2.51. The van der Waals surface area contributed by atoms with Crippen LogP contribution in [0.4, 0.5) is 11.4 Å². The number of nitrogens with one attached hydrogen (secondary N) is 2. The molecule has 0 aliphatic carbocycles. The number of anilines is 2. The Balaban J connectivity index is 1.70. The van der Waals surface area contributed by atoms with Crippen LogP contribution < -0.4 is 24.8 Å². The van der Waals surface area contributed by atoms with Gasteiger partial charge in [0, 0.05) is 23.4 Å². The first-order valence-electron chi connectivity index (χ1n) is 8.33. The van der Waals surface area contributed by atoms with E-state index >= 15 is 0 Å². The molecule has 0 unspecified atom stereocenters. The third-order valence-corrected chi connectivity index (χ3v) is 4.03. The van der Waals surface area contributed by atoms with Crippen LogP contribution in [-0.2, 0) is 9.59 Å². The normalized spacial score (nSPS) is 15.5. The minimum absolute atomic E-state index is 0.225. The molecule has 0 bridgehead atoms. The summed E-state index contributed by atoms with van der Waals surface area (Å²) in [5, 5.41) is 5.50. The Bertz CT molecular complexity index is 907. The topological polar surface area (TPSA) is 85.9 Å². The number of benzene rings is 2. The van der Waals surface area contributed by atoms with Crippen molar-refractivity contribution in [3.63, 3.8) is 0 Å². The van der Waals surface area contributed by atoms with Crippen molar-refractivity contribution in [2.75, 3.05) is 24.9 Å². The molecule has 1 heterocycles. The SMILES string of the molecule is COc1ccc(/C=C/C(=O)Nc2ccc3c(c2)NC(=O)[C@@H](C)O3)c(OC)c1. The fraction of sp³-hybridized carbons (Fsp3) is 0.200. The van der Waals surface area contributed by atoms with E-state index in [0.29, 0.717) is 28.6 Å². The zero-order valence-corrected chi connectivity index (χ0v) is 15.2. The van der Waals surface area contributed by atoms with E-state index in [1.807, 2.05) is 0 Å². The molecular formula is C20H20N2O5. The lowest BCUT2D eigenvalue weighted by atomic mass is 10.1. The molecule has 2 aromatic rings. The predicted molar refractivity (Wildman–Crippen MR) is 102 cm³/mol. The van der Waals surface area contributed by atoms with Crippen LogP contribution in [0.15, 0.2) is 42.5 Å². The Labute approximate surface area is 156 Å². The van der Waals surface area contributed by atoms with E-state index in [2.05, 4.69) is 10.6 Å². The van der Waals surface area contributed by atoms with Gasteiger partial charge in [-0.25, -0.2) is 0 Å². The highest BCUT2D eigenvalue weighted by Gasteiger charge is 2.23. The Hall–Kier alpha value is -3.48. The van der Waals surface area contributed by atoms with Crippen molar-refractivity contribution in [1.29, 1.82) is 0 Å². The summed E-state index contributed by atoms with van der Waals surface area (Å²) in [7, 11) is 3.13. The molecule has 7 nitrogen and oxygen atoms in total. The Kier molecular flexibility index (Phi) is 5.30. The molecule has 0 fully saturated rings. The van der Waals surface area contributed by atoms with Crippen LogP contribution >= 0.6 is 0 Å². The van der Waals surface area contributed by atoms with Crippen LogP contribution in [-0.4, -0.2) is 32.1 Å². The minimum atomic E-state index is -0.541. The van der Waals surface area contributed by atoms with E-state index in [9.17, 15) is 9.59 Å². The van der Waals surface area contributed by atoms with Crippen molar-refractivity contribution in [2.45, 2.75) is 13.0 Å². The zero-order valence-electron chi connectivity index (χ0n) is 15.2. The summed E-state index contributed by atoms with van der Waals surface area (Å²) in [5.74, 6) is 1.29. The van der Waals surface area contributed by atoms with Crippen LogP contribution in [0.3, 0.4) is 0 Å². The van der Waals surface area contributed by atoms with Crippen molar-refractivity contribution in [2.24, 2.45) is 0 Å². The number of carbonyl (C=O) groups is 2. The molecule has 1 atom stereocenters. The molecule has 2 aromatic carbocycles. The first kappa shape index (κ1) is 18.3. The van der Waals surface area contributed by atoms with Crippen molar-refractivity contribution in [3.05, 3.63) is 48.0 Å². The van der Waals surface area contributed by atoms with E-state index in [0.717, 1.165) is 5.56 Å².